The first-order chi connectivity index (χ1) is 9.88. The molecule has 0 aliphatic carbocycles. The minimum Gasteiger partial charge on any atom is -0.331 e. The number of benzene rings is 1. The van der Waals surface area contributed by atoms with Crippen LogP contribution in [-0.4, -0.2) is 26.1 Å². The molecule has 0 fully saturated rings. The molecule has 10 heteroatoms. The summed E-state index contributed by atoms with van der Waals surface area (Å²) < 4.78 is 39.8. The Morgan fingerprint density at radius 2 is 2.05 bits per heavy atom. The highest BCUT2D eigenvalue weighted by Gasteiger charge is 2.32. The number of fused-ring (bicyclic) bond motifs is 3. The number of thiocarbonyl (C=S) groups is 1. The van der Waals surface area contributed by atoms with Gasteiger partial charge in [-0.25, -0.2) is 0 Å². The Hall–Kier alpha value is -1.81. The quantitative estimate of drug-likeness (QED) is 0.618. The summed E-state index contributed by atoms with van der Waals surface area (Å²) in [6.07, 6.45) is -2.62. The monoisotopic (exact) mass is 331 g/mol. The molecule has 110 valence electrons. The Balaban J connectivity index is 2.18. The summed E-state index contributed by atoms with van der Waals surface area (Å²) in [4.78, 5) is 4.20. The highest BCUT2D eigenvalue weighted by atomic mass is 32.2. The Bertz CT molecular complexity index is 725. The van der Waals surface area contributed by atoms with Crippen molar-refractivity contribution in [1.29, 1.82) is 0 Å². The van der Waals surface area contributed by atoms with Crippen molar-refractivity contribution in [3.05, 3.63) is 23.8 Å². The smallest absolute Gasteiger partial charge is 0.331 e. The summed E-state index contributed by atoms with van der Waals surface area (Å²) in [7, 11) is 0. The molecule has 3 rings (SSSR count). The predicted octanol–water partition coefficient (Wildman–Crippen LogP) is 3.13. The van der Waals surface area contributed by atoms with Gasteiger partial charge in [-0.15, -0.1) is 5.10 Å². The van der Waals surface area contributed by atoms with Crippen LogP contribution in [0.3, 0.4) is 0 Å². The fraction of sp³-hybridized carbons (Fsp3) is 0.182. The number of aromatic nitrogens is 3. The normalized spacial score (nSPS) is 13.8. The second-order valence-electron chi connectivity index (χ2n) is 4.14. The van der Waals surface area contributed by atoms with Gasteiger partial charge >= 0.3 is 6.18 Å². The third-order valence-corrected chi connectivity index (χ3v) is 3.54. The van der Waals surface area contributed by atoms with E-state index in [4.69, 9.17) is 12.2 Å². The van der Waals surface area contributed by atoms with E-state index in [-0.39, 0.29) is 10.8 Å². The van der Waals surface area contributed by atoms with E-state index in [9.17, 15) is 13.2 Å². The van der Waals surface area contributed by atoms with Crippen LogP contribution in [0.5, 0.6) is 0 Å². The zero-order valence-corrected chi connectivity index (χ0v) is 12.2. The van der Waals surface area contributed by atoms with Crippen LogP contribution in [-0.2, 0) is 6.18 Å². The van der Waals surface area contributed by atoms with Crippen molar-refractivity contribution >= 4 is 40.7 Å². The minimum absolute atomic E-state index is 0.161. The van der Waals surface area contributed by atoms with Gasteiger partial charge in [-0.05, 0) is 36.7 Å². The van der Waals surface area contributed by atoms with Crippen LogP contribution in [0.4, 0.5) is 24.8 Å². The van der Waals surface area contributed by atoms with Gasteiger partial charge < -0.3 is 10.6 Å². The molecule has 1 aromatic carbocycles. The summed E-state index contributed by atoms with van der Waals surface area (Å²) in [5, 5.41) is 10.4. The number of thioether (sulfide) groups is 1. The maximum atomic E-state index is 12.8. The number of anilines is 2. The first kappa shape index (κ1) is 14.1. The lowest BCUT2D eigenvalue weighted by Crippen LogP contribution is -2.18. The number of alkyl halides is 3. The Labute approximate surface area is 126 Å². The van der Waals surface area contributed by atoms with Gasteiger partial charge in [0.1, 0.15) is 0 Å². The van der Waals surface area contributed by atoms with Crippen LogP contribution >= 0.6 is 24.0 Å². The molecule has 1 aliphatic heterocycles. The van der Waals surface area contributed by atoms with Crippen molar-refractivity contribution in [2.45, 2.75) is 11.3 Å². The third kappa shape index (κ3) is 2.56. The van der Waals surface area contributed by atoms with E-state index in [1.165, 1.54) is 22.5 Å². The molecule has 0 amide bonds. The van der Waals surface area contributed by atoms with Gasteiger partial charge in [-0.2, -0.15) is 22.8 Å². The molecular formula is C11H8F3N5S2. The summed E-state index contributed by atoms with van der Waals surface area (Å²) in [5.74, 6) is 0.357. The van der Waals surface area contributed by atoms with Crippen molar-refractivity contribution in [2.24, 2.45) is 0 Å². The maximum absolute atomic E-state index is 12.8. The molecule has 0 unspecified atom stereocenters. The molecule has 2 aromatic rings. The average molecular weight is 331 g/mol. The maximum Gasteiger partial charge on any atom is 0.416 e. The number of halogens is 3. The molecule has 1 aliphatic rings. The summed E-state index contributed by atoms with van der Waals surface area (Å²) >= 11 is 6.36. The van der Waals surface area contributed by atoms with E-state index in [1.54, 1.807) is 6.26 Å². The summed E-state index contributed by atoms with van der Waals surface area (Å²) in [6.45, 7) is 0. The zero-order valence-electron chi connectivity index (χ0n) is 10.5. The van der Waals surface area contributed by atoms with Gasteiger partial charge in [-0.1, -0.05) is 11.8 Å². The molecule has 0 radical (unpaired) electrons. The molecular weight excluding hydrogens is 323 g/mol. The minimum atomic E-state index is -4.42. The molecule has 0 saturated carbocycles. The predicted molar refractivity (Wildman–Crippen MR) is 78.0 cm³/mol. The number of nitrogens with one attached hydrogen (secondary N) is 2. The first-order valence-corrected chi connectivity index (χ1v) is 7.32. The molecule has 0 spiro atoms. The van der Waals surface area contributed by atoms with E-state index in [0.717, 1.165) is 12.1 Å². The molecule has 2 N–H and O–H groups in total. The fourth-order valence-corrected chi connectivity index (χ4v) is 2.42. The standard InChI is InChI=1S/C11H8F3N5S2/c1-21-10-17-8-16-9(20)15-6-4-5(11(12,13)14)2-3-7(6)19(8)18-10/h2-4H,1H3,(H2,15,16,17,18,20). The SMILES string of the molecule is CSc1nc2n(n1)-c1ccc(C(F)(F)F)cc1NC(=S)N2. The number of hydrogen-bond acceptors (Lipinski definition) is 4. The van der Waals surface area contributed by atoms with Crippen LogP contribution in [0.25, 0.3) is 5.69 Å². The molecule has 0 bridgehead atoms. The Kier molecular flexibility index (Phi) is 3.29. The number of nitrogens with zero attached hydrogens (tertiary/aromatic N) is 3. The molecule has 0 atom stereocenters. The van der Waals surface area contributed by atoms with E-state index >= 15 is 0 Å². The Morgan fingerprint density at radius 1 is 1.29 bits per heavy atom. The van der Waals surface area contributed by atoms with Gasteiger partial charge in [0.05, 0.1) is 16.9 Å². The molecule has 1 aromatic heterocycles. The van der Waals surface area contributed by atoms with Crippen molar-refractivity contribution in [3.8, 4) is 5.69 Å². The van der Waals surface area contributed by atoms with Gasteiger partial charge in [0.15, 0.2) is 5.11 Å². The largest absolute Gasteiger partial charge is 0.416 e. The van der Waals surface area contributed by atoms with Crippen molar-refractivity contribution < 1.29 is 13.2 Å². The van der Waals surface area contributed by atoms with Crippen molar-refractivity contribution in [3.63, 3.8) is 0 Å². The molecule has 5 nitrogen and oxygen atoms in total. The van der Waals surface area contributed by atoms with Crippen LogP contribution in [0.2, 0.25) is 0 Å². The lowest BCUT2D eigenvalue weighted by Gasteiger charge is -2.12. The second kappa shape index (κ2) is 4.88. The highest BCUT2D eigenvalue weighted by Crippen LogP contribution is 2.35. The van der Waals surface area contributed by atoms with Crippen LogP contribution < -0.4 is 10.6 Å². The summed E-state index contributed by atoms with van der Waals surface area (Å²) in [6, 6.07) is 3.33. The van der Waals surface area contributed by atoms with Crippen molar-refractivity contribution in [2.75, 3.05) is 16.9 Å². The zero-order chi connectivity index (χ0) is 15.2. The molecule has 0 saturated heterocycles. The molecule has 21 heavy (non-hydrogen) atoms. The number of rotatable bonds is 1. The Morgan fingerprint density at radius 3 is 2.71 bits per heavy atom. The van der Waals surface area contributed by atoms with E-state index in [1.807, 2.05) is 0 Å². The van der Waals surface area contributed by atoms with E-state index in [2.05, 4.69) is 20.7 Å². The van der Waals surface area contributed by atoms with Crippen molar-refractivity contribution in [1.82, 2.24) is 14.8 Å². The highest BCUT2D eigenvalue weighted by molar-refractivity contribution is 7.98. The van der Waals surface area contributed by atoms with E-state index < -0.39 is 11.7 Å². The van der Waals surface area contributed by atoms with Gasteiger partial charge in [0, 0.05) is 0 Å². The van der Waals surface area contributed by atoms with Crippen LogP contribution in [0.1, 0.15) is 5.56 Å². The molecule has 2 heterocycles. The first-order valence-electron chi connectivity index (χ1n) is 5.69. The van der Waals surface area contributed by atoms with Crippen LogP contribution in [0, 0.1) is 0 Å². The lowest BCUT2D eigenvalue weighted by molar-refractivity contribution is -0.137. The lowest BCUT2D eigenvalue weighted by atomic mass is 10.1. The van der Waals surface area contributed by atoms with Gasteiger partial charge in [0.2, 0.25) is 11.1 Å². The van der Waals surface area contributed by atoms with Gasteiger partial charge in [-0.3, -0.25) is 0 Å². The van der Waals surface area contributed by atoms with Gasteiger partial charge in [0.25, 0.3) is 0 Å². The summed E-state index contributed by atoms with van der Waals surface area (Å²) in [5.41, 5.74) is -0.0954. The number of hydrogen-bond donors (Lipinski definition) is 2. The fourth-order valence-electron chi connectivity index (χ4n) is 1.88. The second-order valence-corrected chi connectivity index (χ2v) is 5.32. The van der Waals surface area contributed by atoms with Crippen LogP contribution in [0.15, 0.2) is 23.4 Å². The average Bonchev–Trinajstić information content (AvgIpc) is 2.75. The topological polar surface area (TPSA) is 54.8 Å². The van der Waals surface area contributed by atoms with E-state index in [0.29, 0.717) is 16.8 Å². The third-order valence-electron chi connectivity index (χ3n) is 2.80.